The molecule has 0 radical (unpaired) electrons. The van der Waals surface area contributed by atoms with Gasteiger partial charge >= 0.3 is 0 Å². The van der Waals surface area contributed by atoms with E-state index in [1.807, 2.05) is 30.3 Å². The summed E-state index contributed by atoms with van der Waals surface area (Å²) in [7, 11) is 0. The van der Waals surface area contributed by atoms with E-state index < -0.39 is 0 Å². The molecule has 0 heterocycles. The molecule has 0 spiro atoms. The van der Waals surface area contributed by atoms with Crippen molar-refractivity contribution in [1.82, 2.24) is 0 Å². The number of benzene rings is 2. The van der Waals surface area contributed by atoms with Crippen molar-refractivity contribution in [2.45, 2.75) is 6.54 Å². The summed E-state index contributed by atoms with van der Waals surface area (Å²) in [4.78, 5) is 0. The van der Waals surface area contributed by atoms with Gasteiger partial charge in [-0.05, 0) is 42.0 Å². The molecule has 16 heavy (non-hydrogen) atoms. The predicted octanol–water partition coefficient (Wildman–Crippen LogP) is 4.20. The van der Waals surface area contributed by atoms with Crippen LogP contribution < -0.4 is 5.32 Å². The first-order valence-corrected chi connectivity index (χ1v) is 5.77. The average molecular weight is 280 g/mol. The van der Waals surface area contributed by atoms with E-state index in [1.54, 1.807) is 6.07 Å². The van der Waals surface area contributed by atoms with E-state index in [9.17, 15) is 4.39 Å². The van der Waals surface area contributed by atoms with Gasteiger partial charge in [0, 0.05) is 16.7 Å². The van der Waals surface area contributed by atoms with Gasteiger partial charge < -0.3 is 5.32 Å². The summed E-state index contributed by atoms with van der Waals surface area (Å²) in [6.07, 6.45) is 0. The highest BCUT2D eigenvalue weighted by Gasteiger charge is 1.95. The third-order valence-electron chi connectivity index (χ3n) is 2.23. The van der Waals surface area contributed by atoms with E-state index in [0.29, 0.717) is 6.54 Å². The number of hydrogen-bond donors (Lipinski definition) is 1. The van der Waals surface area contributed by atoms with E-state index in [0.717, 1.165) is 15.7 Å². The van der Waals surface area contributed by atoms with Gasteiger partial charge in [0.05, 0.1) is 0 Å². The van der Waals surface area contributed by atoms with E-state index in [2.05, 4.69) is 21.2 Å². The van der Waals surface area contributed by atoms with Crippen LogP contribution in [0, 0.1) is 5.82 Å². The van der Waals surface area contributed by atoms with Crippen LogP contribution in [0.3, 0.4) is 0 Å². The molecule has 2 aromatic rings. The van der Waals surface area contributed by atoms with Crippen LogP contribution in [0.1, 0.15) is 5.56 Å². The fourth-order valence-electron chi connectivity index (χ4n) is 1.42. The Morgan fingerprint density at radius 2 is 1.81 bits per heavy atom. The highest BCUT2D eigenvalue weighted by Crippen LogP contribution is 2.15. The summed E-state index contributed by atoms with van der Waals surface area (Å²) in [5.41, 5.74) is 1.95. The van der Waals surface area contributed by atoms with Crippen LogP contribution in [0.5, 0.6) is 0 Å². The summed E-state index contributed by atoms with van der Waals surface area (Å²) in [6, 6.07) is 14.5. The zero-order valence-electron chi connectivity index (χ0n) is 8.58. The molecule has 2 rings (SSSR count). The Bertz CT molecular complexity index is 468. The second kappa shape index (κ2) is 5.12. The SMILES string of the molecule is Fc1cccc(CNc2ccc(Br)cc2)c1. The van der Waals surface area contributed by atoms with E-state index in [4.69, 9.17) is 0 Å². The van der Waals surface area contributed by atoms with Gasteiger partial charge in [-0.2, -0.15) is 0 Å². The molecule has 0 amide bonds. The molecule has 1 N–H and O–H groups in total. The zero-order chi connectivity index (χ0) is 11.4. The van der Waals surface area contributed by atoms with Gasteiger partial charge in [0.25, 0.3) is 0 Å². The molecule has 1 nitrogen and oxygen atoms in total. The fraction of sp³-hybridized carbons (Fsp3) is 0.0769. The van der Waals surface area contributed by atoms with Crippen LogP contribution in [0.2, 0.25) is 0 Å². The maximum Gasteiger partial charge on any atom is 0.123 e. The number of nitrogens with one attached hydrogen (secondary N) is 1. The second-order valence-corrected chi connectivity index (χ2v) is 4.41. The molecule has 0 fully saturated rings. The number of hydrogen-bond acceptors (Lipinski definition) is 1. The van der Waals surface area contributed by atoms with Crippen LogP contribution >= 0.6 is 15.9 Å². The Morgan fingerprint density at radius 1 is 1.06 bits per heavy atom. The lowest BCUT2D eigenvalue weighted by Crippen LogP contribution is -1.99. The maximum absolute atomic E-state index is 12.9. The quantitative estimate of drug-likeness (QED) is 0.888. The van der Waals surface area contributed by atoms with Gasteiger partial charge in [0.2, 0.25) is 0 Å². The molecule has 2 aromatic carbocycles. The second-order valence-electron chi connectivity index (χ2n) is 3.49. The van der Waals surface area contributed by atoms with Gasteiger partial charge in [-0.15, -0.1) is 0 Å². The highest BCUT2D eigenvalue weighted by molar-refractivity contribution is 9.10. The van der Waals surface area contributed by atoms with Crippen LogP contribution in [0.25, 0.3) is 0 Å². The van der Waals surface area contributed by atoms with Crippen LogP contribution in [0.4, 0.5) is 10.1 Å². The molecular weight excluding hydrogens is 269 g/mol. The summed E-state index contributed by atoms with van der Waals surface area (Å²) < 4.78 is 14.0. The van der Waals surface area contributed by atoms with E-state index in [-0.39, 0.29) is 5.82 Å². The smallest absolute Gasteiger partial charge is 0.123 e. The van der Waals surface area contributed by atoms with Crippen molar-refractivity contribution >= 4 is 21.6 Å². The van der Waals surface area contributed by atoms with Crippen molar-refractivity contribution < 1.29 is 4.39 Å². The molecule has 3 heteroatoms. The monoisotopic (exact) mass is 279 g/mol. The highest BCUT2D eigenvalue weighted by atomic mass is 79.9. The normalized spacial score (nSPS) is 10.1. The minimum atomic E-state index is -0.199. The maximum atomic E-state index is 12.9. The van der Waals surface area contributed by atoms with Crippen molar-refractivity contribution in [2.24, 2.45) is 0 Å². The molecular formula is C13H11BrFN. The lowest BCUT2D eigenvalue weighted by atomic mass is 10.2. The van der Waals surface area contributed by atoms with Crippen molar-refractivity contribution in [1.29, 1.82) is 0 Å². The lowest BCUT2D eigenvalue weighted by Gasteiger charge is -2.06. The molecule has 0 unspecified atom stereocenters. The van der Waals surface area contributed by atoms with E-state index in [1.165, 1.54) is 12.1 Å². The first kappa shape index (κ1) is 11.1. The number of rotatable bonds is 3. The molecule has 0 bridgehead atoms. The summed E-state index contributed by atoms with van der Waals surface area (Å²) in [6.45, 7) is 0.624. The molecule has 82 valence electrons. The summed E-state index contributed by atoms with van der Waals surface area (Å²) in [5, 5.41) is 3.23. The molecule has 0 saturated heterocycles. The van der Waals surface area contributed by atoms with Crippen molar-refractivity contribution in [3.63, 3.8) is 0 Å². The molecule has 0 aliphatic carbocycles. The molecule has 0 aliphatic rings. The minimum Gasteiger partial charge on any atom is -0.381 e. The van der Waals surface area contributed by atoms with Gasteiger partial charge in [-0.3, -0.25) is 0 Å². The number of halogens is 2. The van der Waals surface area contributed by atoms with Crippen LogP contribution in [-0.4, -0.2) is 0 Å². The molecule has 0 aromatic heterocycles. The van der Waals surface area contributed by atoms with Crippen molar-refractivity contribution in [2.75, 3.05) is 5.32 Å². The third-order valence-corrected chi connectivity index (χ3v) is 2.76. The standard InChI is InChI=1S/C13H11BrFN/c14-11-4-6-13(7-5-11)16-9-10-2-1-3-12(15)8-10/h1-8,16H,9H2. The Hall–Kier alpha value is -1.35. The van der Waals surface area contributed by atoms with Gasteiger partial charge in [-0.25, -0.2) is 4.39 Å². The third kappa shape index (κ3) is 3.07. The predicted molar refractivity (Wildman–Crippen MR) is 67.9 cm³/mol. The first-order chi connectivity index (χ1) is 7.74. The molecule has 0 saturated carbocycles. The average Bonchev–Trinajstić information content (AvgIpc) is 2.28. The Labute approximate surface area is 102 Å². The minimum absolute atomic E-state index is 0.199. The van der Waals surface area contributed by atoms with Crippen LogP contribution in [0.15, 0.2) is 53.0 Å². The molecule has 0 atom stereocenters. The Balaban J connectivity index is 1.99. The van der Waals surface area contributed by atoms with Crippen molar-refractivity contribution in [3.8, 4) is 0 Å². The van der Waals surface area contributed by atoms with E-state index >= 15 is 0 Å². The topological polar surface area (TPSA) is 12.0 Å². The Kier molecular flexibility index (Phi) is 3.57. The summed E-state index contributed by atoms with van der Waals surface area (Å²) >= 11 is 3.37. The largest absolute Gasteiger partial charge is 0.381 e. The molecule has 0 aliphatic heterocycles. The van der Waals surface area contributed by atoms with Crippen molar-refractivity contribution in [3.05, 3.63) is 64.4 Å². The van der Waals surface area contributed by atoms with Gasteiger partial charge in [0.15, 0.2) is 0 Å². The number of anilines is 1. The fourth-order valence-corrected chi connectivity index (χ4v) is 1.68. The Morgan fingerprint density at radius 3 is 2.50 bits per heavy atom. The first-order valence-electron chi connectivity index (χ1n) is 4.98. The lowest BCUT2D eigenvalue weighted by molar-refractivity contribution is 0.626. The van der Waals surface area contributed by atoms with Crippen LogP contribution in [-0.2, 0) is 6.54 Å². The zero-order valence-corrected chi connectivity index (χ0v) is 10.2. The van der Waals surface area contributed by atoms with Gasteiger partial charge in [-0.1, -0.05) is 28.1 Å². The summed E-state index contributed by atoms with van der Waals surface area (Å²) in [5.74, 6) is -0.199. The van der Waals surface area contributed by atoms with Gasteiger partial charge in [0.1, 0.15) is 5.82 Å².